The summed E-state index contributed by atoms with van der Waals surface area (Å²) in [6.07, 6.45) is 0. The Bertz CT molecular complexity index is 368. The summed E-state index contributed by atoms with van der Waals surface area (Å²) in [6.45, 7) is 4.62. The Labute approximate surface area is 90.7 Å². The number of aryl methyl sites for hydroxylation is 1. The first kappa shape index (κ1) is 11.5. The van der Waals surface area contributed by atoms with Crippen molar-refractivity contribution in [1.29, 1.82) is 5.26 Å². The zero-order valence-electron chi connectivity index (χ0n) is 9.37. The highest BCUT2D eigenvalue weighted by Gasteiger charge is 2.05. The second-order valence-corrected chi connectivity index (χ2v) is 3.66. The summed E-state index contributed by atoms with van der Waals surface area (Å²) in [5.41, 5.74) is 2.64. The maximum absolute atomic E-state index is 8.96. The highest BCUT2D eigenvalue weighted by molar-refractivity contribution is 5.58. The molecular weight excluding hydrogens is 188 g/mol. The topological polar surface area (TPSA) is 45.0 Å². The molecule has 0 amide bonds. The third-order valence-corrected chi connectivity index (χ3v) is 2.11. The van der Waals surface area contributed by atoms with Crippen LogP contribution in [0.15, 0.2) is 18.2 Å². The molecule has 15 heavy (non-hydrogen) atoms. The standard InChI is InChI=1S/C12H16N2O/c1-9-4-5-12(11(6-9)7-13)14-10(2)8-15-3/h4-6,10,14H,8H2,1-3H3. The molecule has 1 aromatic rings. The van der Waals surface area contributed by atoms with Crippen molar-refractivity contribution < 1.29 is 4.74 Å². The minimum Gasteiger partial charge on any atom is -0.383 e. The average molecular weight is 204 g/mol. The van der Waals surface area contributed by atoms with Crippen LogP contribution < -0.4 is 5.32 Å². The van der Waals surface area contributed by atoms with Gasteiger partial charge in [-0.3, -0.25) is 0 Å². The number of ether oxygens (including phenoxy) is 1. The van der Waals surface area contributed by atoms with Gasteiger partial charge in [-0.2, -0.15) is 5.26 Å². The average Bonchev–Trinajstić information content (AvgIpc) is 2.21. The molecule has 0 aromatic heterocycles. The van der Waals surface area contributed by atoms with E-state index in [-0.39, 0.29) is 6.04 Å². The van der Waals surface area contributed by atoms with E-state index in [2.05, 4.69) is 11.4 Å². The Kier molecular flexibility index (Phi) is 4.14. The maximum Gasteiger partial charge on any atom is 0.101 e. The number of hydrogen-bond donors (Lipinski definition) is 1. The minimum atomic E-state index is 0.199. The van der Waals surface area contributed by atoms with Crippen LogP contribution in [0.3, 0.4) is 0 Å². The summed E-state index contributed by atoms with van der Waals surface area (Å²) in [5.74, 6) is 0. The fourth-order valence-electron chi connectivity index (χ4n) is 1.43. The van der Waals surface area contributed by atoms with Crippen LogP contribution >= 0.6 is 0 Å². The summed E-state index contributed by atoms with van der Waals surface area (Å²) in [7, 11) is 1.67. The summed E-state index contributed by atoms with van der Waals surface area (Å²) in [5, 5.41) is 12.2. The molecule has 0 saturated carbocycles. The Hall–Kier alpha value is -1.53. The van der Waals surface area contributed by atoms with E-state index in [4.69, 9.17) is 10.00 Å². The van der Waals surface area contributed by atoms with Gasteiger partial charge in [-0.1, -0.05) is 6.07 Å². The van der Waals surface area contributed by atoms with Gasteiger partial charge >= 0.3 is 0 Å². The first-order valence-corrected chi connectivity index (χ1v) is 4.93. The predicted molar refractivity (Wildman–Crippen MR) is 60.9 cm³/mol. The minimum absolute atomic E-state index is 0.199. The van der Waals surface area contributed by atoms with Gasteiger partial charge in [0.25, 0.3) is 0 Å². The SMILES string of the molecule is COCC(C)Nc1ccc(C)cc1C#N. The Balaban J connectivity index is 2.81. The number of benzene rings is 1. The molecule has 0 heterocycles. The molecule has 3 heteroatoms. The lowest BCUT2D eigenvalue weighted by Gasteiger charge is -2.15. The summed E-state index contributed by atoms with van der Waals surface area (Å²) < 4.78 is 5.03. The summed E-state index contributed by atoms with van der Waals surface area (Å²) >= 11 is 0. The van der Waals surface area contributed by atoms with E-state index in [1.54, 1.807) is 7.11 Å². The van der Waals surface area contributed by atoms with E-state index in [9.17, 15) is 0 Å². The van der Waals surface area contributed by atoms with Crippen molar-refractivity contribution in [1.82, 2.24) is 0 Å². The van der Waals surface area contributed by atoms with Gasteiger partial charge in [0.15, 0.2) is 0 Å². The van der Waals surface area contributed by atoms with E-state index in [0.29, 0.717) is 12.2 Å². The largest absolute Gasteiger partial charge is 0.383 e. The van der Waals surface area contributed by atoms with Crippen LogP contribution in [0, 0.1) is 18.3 Å². The smallest absolute Gasteiger partial charge is 0.101 e. The van der Waals surface area contributed by atoms with Crippen molar-refractivity contribution in [2.24, 2.45) is 0 Å². The van der Waals surface area contributed by atoms with Crippen LogP contribution in [-0.4, -0.2) is 19.8 Å². The quantitative estimate of drug-likeness (QED) is 0.818. The van der Waals surface area contributed by atoms with Gasteiger partial charge in [-0.05, 0) is 31.5 Å². The molecule has 0 aliphatic heterocycles. The van der Waals surface area contributed by atoms with Gasteiger partial charge < -0.3 is 10.1 Å². The van der Waals surface area contributed by atoms with Crippen LogP contribution in [-0.2, 0) is 4.74 Å². The van der Waals surface area contributed by atoms with Crippen molar-refractivity contribution >= 4 is 5.69 Å². The lowest BCUT2D eigenvalue weighted by molar-refractivity contribution is 0.190. The van der Waals surface area contributed by atoms with E-state index in [0.717, 1.165) is 11.3 Å². The highest BCUT2D eigenvalue weighted by atomic mass is 16.5. The Morgan fingerprint density at radius 3 is 2.87 bits per heavy atom. The molecule has 3 nitrogen and oxygen atoms in total. The molecule has 0 spiro atoms. The molecule has 1 N–H and O–H groups in total. The van der Waals surface area contributed by atoms with Crippen molar-refractivity contribution in [3.05, 3.63) is 29.3 Å². The van der Waals surface area contributed by atoms with E-state index < -0.39 is 0 Å². The Morgan fingerprint density at radius 2 is 2.27 bits per heavy atom. The first-order chi connectivity index (χ1) is 7.17. The molecule has 0 bridgehead atoms. The van der Waals surface area contributed by atoms with Gasteiger partial charge in [0.05, 0.1) is 17.9 Å². The zero-order valence-corrected chi connectivity index (χ0v) is 9.37. The van der Waals surface area contributed by atoms with Gasteiger partial charge in [0.1, 0.15) is 6.07 Å². The van der Waals surface area contributed by atoms with E-state index in [1.807, 2.05) is 32.0 Å². The highest BCUT2D eigenvalue weighted by Crippen LogP contribution is 2.17. The van der Waals surface area contributed by atoms with E-state index >= 15 is 0 Å². The lowest BCUT2D eigenvalue weighted by atomic mass is 10.1. The van der Waals surface area contributed by atoms with Crippen LogP contribution in [0.2, 0.25) is 0 Å². The maximum atomic E-state index is 8.96. The van der Waals surface area contributed by atoms with Crippen LogP contribution in [0.1, 0.15) is 18.1 Å². The van der Waals surface area contributed by atoms with Crippen LogP contribution in [0.25, 0.3) is 0 Å². The van der Waals surface area contributed by atoms with Crippen molar-refractivity contribution in [2.45, 2.75) is 19.9 Å². The van der Waals surface area contributed by atoms with Crippen molar-refractivity contribution in [3.63, 3.8) is 0 Å². The number of nitriles is 1. The number of nitrogens with one attached hydrogen (secondary N) is 1. The second-order valence-electron chi connectivity index (χ2n) is 3.66. The van der Waals surface area contributed by atoms with Crippen LogP contribution in [0.4, 0.5) is 5.69 Å². The van der Waals surface area contributed by atoms with Crippen LogP contribution in [0.5, 0.6) is 0 Å². The third kappa shape index (κ3) is 3.26. The molecule has 1 rings (SSSR count). The number of rotatable bonds is 4. The molecule has 1 unspecified atom stereocenters. The van der Waals surface area contributed by atoms with Crippen molar-refractivity contribution in [2.75, 3.05) is 19.0 Å². The number of methoxy groups -OCH3 is 1. The Morgan fingerprint density at radius 1 is 1.53 bits per heavy atom. The molecule has 1 aromatic carbocycles. The van der Waals surface area contributed by atoms with Gasteiger partial charge in [0, 0.05) is 13.2 Å². The molecule has 0 aliphatic rings. The molecule has 0 fully saturated rings. The molecule has 0 aliphatic carbocycles. The normalized spacial score (nSPS) is 11.9. The summed E-state index contributed by atoms with van der Waals surface area (Å²) in [4.78, 5) is 0. The second kappa shape index (κ2) is 5.38. The van der Waals surface area contributed by atoms with Gasteiger partial charge in [0.2, 0.25) is 0 Å². The predicted octanol–water partition coefficient (Wildman–Crippen LogP) is 2.31. The zero-order chi connectivity index (χ0) is 11.3. The monoisotopic (exact) mass is 204 g/mol. The lowest BCUT2D eigenvalue weighted by Crippen LogP contribution is -2.21. The molecule has 1 atom stereocenters. The van der Waals surface area contributed by atoms with E-state index in [1.165, 1.54) is 0 Å². The number of nitrogens with zero attached hydrogens (tertiary/aromatic N) is 1. The van der Waals surface area contributed by atoms with Gasteiger partial charge in [-0.25, -0.2) is 0 Å². The fraction of sp³-hybridized carbons (Fsp3) is 0.417. The molecular formula is C12H16N2O. The summed E-state index contributed by atoms with van der Waals surface area (Å²) in [6, 6.07) is 8.18. The fourth-order valence-corrected chi connectivity index (χ4v) is 1.43. The number of hydrogen-bond acceptors (Lipinski definition) is 3. The number of anilines is 1. The van der Waals surface area contributed by atoms with Crippen molar-refractivity contribution in [3.8, 4) is 6.07 Å². The first-order valence-electron chi connectivity index (χ1n) is 4.93. The molecule has 0 saturated heterocycles. The third-order valence-electron chi connectivity index (χ3n) is 2.11. The molecule has 80 valence electrons. The van der Waals surface area contributed by atoms with Gasteiger partial charge in [-0.15, -0.1) is 0 Å². The molecule has 0 radical (unpaired) electrons.